The van der Waals surface area contributed by atoms with Crippen molar-refractivity contribution in [2.75, 3.05) is 25.5 Å². The van der Waals surface area contributed by atoms with Gasteiger partial charge in [-0.25, -0.2) is 9.78 Å². The summed E-state index contributed by atoms with van der Waals surface area (Å²) in [6.07, 6.45) is 1.66. The Balaban J connectivity index is 2.01. The van der Waals surface area contributed by atoms with Gasteiger partial charge in [0.1, 0.15) is 5.82 Å². The Labute approximate surface area is 124 Å². The number of nitrogens with zero attached hydrogens (tertiary/aromatic N) is 2. The smallest absolute Gasteiger partial charge is 0.323 e. The Hall–Kier alpha value is -2.11. The Morgan fingerprint density at radius 3 is 2.76 bits per heavy atom. The molecule has 114 valence electrons. The lowest BCUT2D eigenvalue weighted by atomic mass is 9.97. The second kappa shape index (κ2) is 6.56. The lowest BCUT2D eigenvalue weighted by Gasteiger charge is -2.31. The molecule has 0 aromatic carbocycles. The zero-order valence-electron chi connectivity index (χ0n) is 12.8. The summed E-state index contributed by atoms with van der Waals surface area (Å²) in [5, 5.41) is 5.46. The summed E-state index contributed by atoms with van der Waals surface area (Å²) in [6.45, 7) is 4.98. The van der Waals surface area contributed by atoms with E-state index in [-0.39, 0.29) is 17.9 Å². The van der Waals surface area contributed by atoms with Crippen LogP contribution in [0.1, 0.15) is 24.1 Å². The van der Waals surface area contributed by atoms with E-state index in [1.165, 1.54) is 0 Å². The normalized spacial score (nSPS) is 18.2. The number of anilines is 1. The number of aromatic nitrogens is 1. The molecule has 2 rings (SSSR count). The Morgan fingerprint density at radius 2 is 2.10 bits per heavy atom. The third-order valence-electron chi connectivity index (χ3n) is 3.66. The number of likely N-dealkylation sites (tertiary alicyclic amines) is 1. The first-order valence-electron chi connectivity index (χ1n) is 7.22. The zero-order valence-corrected chi connectivity index (χ0v) is 12.8. The minimum Gasteiger partial charge on any atom is -0.359 e. The molecule has 0 saturated carbocycles. The first kappa shape index (κ1) is 15.3. The molecule has 2 heterocycles. The van der Waals surface area contributed by atoms with Crippen molar-refractivity contribution >= 4 is 17.8 Å². The van der Waals surface area contributed by atoms with Crippen molar-refractivity contribution in [2.45, 2.75) is 26.7 Å². The van der Waals surface area contributed by atoms with Gasteiger partial charge < -0.3 is 10.2 Å². The summed E-state index contributed by atoms with van der Waals surface area (Å²) in [4.78, 5) is 30.0. The van der Waals surface area contributed by atoms with E-state index in [0.717, 1.165) is 24.1 Å². The summed E-state index contributed by atoms with van der Waals surface area (Å²) in [5.74, 6) is 0.429. The number of amides is 3. The van der Waals surface area contributed by atoms with Gasteiger partial charge in [-0.3, -0.25) is 10.1 Å². The molecule has 1 aromatic heterocycles. The molecule has 21 heavy (non-hydrogen) atoms. The summed E-state index contributed by atoms with van der Waals surface area (Å²) < 4.78 is 0. The van der Waals surface area contributed by atoms with Gasteiger partial charge in [-0.1, -0.05) is 0 Å². The molecular formula is C15H22N4O2. The Bertz CT molecular complexity index is 524. The number of urea groups is 1. The number of piperidine rings is 1. The lowest BCUT2D eigenvalue weighted by molar-refractivity contribution is -0.125. The SMILES string of the molecule is CNC(=O)C1CCCN(C(=O)Nc2cc(C)cc(C)n2)C1. The van der Waals surface area contributed by atoms with Crippen LogP contribution in [-0.4, -0.2) is 42.0 Å². The minimum absolute atomic E-state index is 0.00275. The maximum atomic E-state index is 12.3. The maximum Gasteiger partial charge on any atom is 0.323 e. The molecule has 1 aliphatic heterocycles. The van der Waals surface area contributed by atoms with Gasteiger partial charge in [0.05, 0.1) is 5.92 Å². The molecule has 1 fully saturated rings. The molecule has 1 aromatic rings. The highest BCUT2D eigenvalue weighted by atomic mass is 16.2. The van der Waals surface area contributed by atoms with Crippen LogP contribution in [0.25, 0.3) is 0 Å². The maximum absolute atomic E-state index is 12.3. The van der Waals surface area contributed by atoms with Gasteiger partial charge in [0.25, 0.3) is 0 Å². The molecule has 6 heteroatoms. The van der Waals surface area contributed by atoms with E-state index in [1.54, 1.807) is 11.9 Å². The van der Waals surface area contributed by atoms with Gasteiger partial charge in [0.15, 0.2) is 0 Å². The average Bonchev–Trinajstić information content (AvgIpc) is 2.45. The predicted octanol–water partition coefficient (Wildman–Crippen LogP) is 1.69. The highest BCUT2D eigenvalue weighted by Gasteiger charge is 2.27. The summed E-state index contributed by atoms with van der Waals surface area (Å²) in [6, 6.07) is 3.60. The fourth-order valence-electron chi connectivity index (χ4n) is 2.67. The molecule has 1 aliphatic rings. The third kappa shape index (κ3) is 3.93. The zero-order chi connectivity index (χ0) is 15.4. The minimum atomic E-state index is -0.193. The number of carbonyl (C=O) groups is 2. The van der Waals surface area contributed by atoms with Crippen molar-refractivity contribution in [3.63, 3.8) is 0 Å². The summed E-state index contributed by atoms with van der Waals surface area (Å²) in [7, 11) is 1.63. The Morgan fingerprint density at radius 1 is 1.33 bits per heavy atom. The second-order valence-electron chi connectivity index (χ2n) is 5.50. The lowest BCUT2D eigenvalue weighted by Crippen LogP contribution is -2.46. The molecule has 1 atom stereocenters. The van der Waals surface area contributed by atoms with Crippen molar-refractivity contribution < 1.29 is 9.59 Å². The fourth-order valence-corrected chi connectivity index (χ4v) is 2.67. The van der Waals surface area contributed by atoms with E-state index in [9.17, 15) is 9.59 Å². The van der Waals surface area contributed by atoms with E-state index < -0.39 is 0 Å². The van der Waals surface area contributed by atoms with Crippen LogP contribution < -0.4 is 10.6 Å². The average molecular weight is 290 g/mol. The molecule has 1 saturated heterocycles. The number of pyridine rings is 1. The van der Waals surface area contributed by atoms with Gasteiger partial charge in [-0.2, -0.15) is 0 Å². The van der Waals surface area contributed by atoms with Crippen LogP contribution in [0.3, 0.4) is 0 Å². The first-order valence-corrected chi connectivity index (χ1v) is 7.22. The fraction of sp³-hybridized carbons (Fsp3) is 0.533. The first-order chi connectivity index (χ1) is 9.99. The quantitative estimate of drug-likeness (QED) is 0.870. The van der Waals surface area contributed by atoms with Crippen molar-refractivity contribution in [3.8, 4) is 0 Å². The molecule has 0 radical (unpaired) electrons. The van der Waals surface area contributed by atoms with Crippen molar-refractivity contribution in [2.24, 2.45) is 5.92 Å². The van der Waals surface area contributed by atoms with E-state index >= 15 is 0 Å². The van der Waals surface area contributed by atoms with Crippen molar-refractivity contribution in [1.29, 1.82) is 0 Å². The predicted molar refractivity (Wildman–Crippen MR) is 81.1 cm³/mol. The second-order valence-corrected chi connectivity index (χ2v) is 5.50. The number of rotatable bonds is 2. The molecule has 0 bridgehead atoms. The third-order valence-corrected chi connectivity index (χ3v) is 3.66. The van der Waals surface area contributed by atoms with Crippen LogP contribution in [0, 0.1) is 19.8 Å². The molecule has 3 amide bonds. The van der Waals surface area contributed by atoms with E-state index in [2.05, 4.69) is 15.6 Å². The van der Waals surface area contributed by atoms with E-state index in [1.807, 2.05) is 26.0 Å². The highest BCUT2D eigenvalue weighted by molar-refractivity contribution is 5.89. The number of nitrogens with one attached hydrogen (secondary N) is 2. The van der Waals surface area contributed by atoms with Crippen LogP contribution in [-0.2, 0) is 4.79 Å². The van der Waals surface area contributed by atoms with Gasteiger partial charge in [0, 0.05) is 25.8 Å². The van der Waals surface area contributed by atoms with Gasteiger partial charge >= 0.3 is 6.03 Å². The van der Waals surface area contributed by atoms with E-state index in [0.29, 0.717) is 18.9 Å². The molecule has 0 aliphatic carbocycles. The number of carbonyl (C=O) groups excluding carboxylic acids is 2. The molecule has 1 unspecified atom stereocenters. The summed E-state index contributed by atoms with van der Waals surface area (Å²) in [5.41, 5.74) is 1.92. The van der Waals surface area contributed by atoms with Crippen LogP contribution >= 0.6 is 0 Å². The van der Waals surface area contributed by atoms with Crippen molar-refractivity contribution in [3.05, 3.63) is 23.4 Å². The van der Waals surface area contributed by atoms with Crippen LogP contribution in [0.2, 0.25) is 0 Å². The monoisotopic (exact) mass is 290 g/mol. The van der Waals surface area contributed by atoms with Crippen LogP contribution in [0.15, 0.2) is 12.1 Å². The number of aryl methyl sites for hydroxylation is 2. The molecule has 2 N–H and O–H groups in total. The molecule has 0 spiro atoms. The van der Waals surface area contributed by atoms with Gasteiger partial charge in [-0.05, 0) is 44.4 Å². The topological polar surface area (TPSA) is 74.3 Å². The van der Waals surface area contributed by atoms with E-state index in [4.69, 9.17) is 0 Å². The Kier molecular flexibility index (Phi) is 4.77. The number of hydrogen-bond donors (Lipinski definition) is 2. The van der Waals surface area contributed by atoms with Gasteiger partial charge in [0.2, 0.25) is 5.91 Å². The highest BCUT2D eigenvalue weighted by Crippen LogP contribution is 2.18. The summed E-state index contributed by atoms with van der Waals surface area (Å²) >= 11 is 0. The van der Waals surface area contributed by atoms with Crippen molar-refractivity contribution in [1.82, 2.24) is 15.2 Å². The van der Waals surface area contributed by atoms with Crippen LogP contribution in [0.4, 0.5) is 10.6 Å². The molecule has 6 nitrogen and oxygen atoms in total. The van der Waals surface area contributed by atoms with Crippen LogP contribution in [0.5, 0.6) is 0 Å². The van der Waals surface area contributed by atoms with Gasteiger partial charge in [-0.15, -0.1) is 0 Å². The standard InChI is InChI=1S/C15H22N4O2/c1-10-7-11(2)17-13(8-10)18-15(21)19-6-4-5-12(9-19)14(20)16-3/h7-8,12H,4-6,9H2,1-3H3,(H,16,20)(H,17,18,21). The number of hydrogen-bond acceptors (Lipinski definition) is 3. The largest absolute Gasteiger partial charge is 0.359 e. The molecular weight excluding hydrogens is 268 g/mol.